The van der Waals surface area contributed by atoms with Crippen molar-refractivity contribution >= 4 is 28.3 Å². The summed E-state index contributed by atoms with van der Waals surface area (Å²) in [6.07, 6.45) is 1.65. The number of nitrogens with zero attached hydrogens (tertiary/aromatic N) is 1. The van der Waals surface area contributed by atoms with E-state index in [9.17, 15) is 9.00 Å². The first-order chi connectivity index (χ1) is 11.5. The minimum absolute atomic E-state index is 0.0894. The van der Waals surface area contributed by atoms with E-state index in [0.29, 0.717) is 35.2 Å². The first-order valence-corrected chi connectivity index (χ1v) is 9.59. The maximum atomic E-state index is 12.5. The number of halogens is 1. The average Bonchev–Trinajstić information content (AvgIpc) is 2.53. The standard InChI is InChI=1S/C18H20ClNO3S/c1-20(9-10-23-17-8-4-7-16(19)12-17)18(21)15-6-3-5-14(11-15)13-24(2)22/h3-8,11-12H,9-10,13H2,1-2H3. The minimum atomic E-state index is -0.932. The number of hydrogen-bond acceptors (Lipinski definition) is 3. The molecule has 0 aromatic heterocycles. The Balaban J connectivity index is 1.91. The van der Waals surface area contributed by atoms with E-state index in [1.807, 2.05) is 24.3 Å². The van der Waals surface area contributed by atoms with Gasteiger partial charge in [-0.15, -0.1) is 0 Å². The van der Waals surface area contributed by atoms with Gasteiger partial charge in [0.2, 0.25) is 0 Å². The van der Waals surface area contributed by atoms with E-state index in [4.69, 9.17) is 16.3 Å². The SMILES string of the molecule is CN(CCOc1cccc(Cl)c1)C(=O)c1cccc(CS(C)=O)c1. The summed E-state index contributed by atoms with van der Waals surface area (Å²) in [5, 5.41) is 0.613. The predicted molar refractivity (Wildman–Crippen MR) is 98.1 cm³/mol. The summed E-state index contributed by atoms with van der Waals surface area (Å²) in [5.74, 6) is 1.03. The van der Waals surface area contributed by atoms with Gasteiger partial charge >= 0.3 is 0 Å². The molecule has 1 amide bonds. The minimum Gasteiger partial charge on any atom is -0.492 e. The van der Waals surface area contributed by atoms with Crippen LogP contribution in [0.2, 0.25) is 5.02 Å². The number of benzene rings is 2. The van der Waals surface area contributed by atoms with Gasteiger partial charge in [0.25, 0.3) is 5.91 Å². The summed E-state index contributed by atoms with van der Waals surface area (Å²) in [5.41, 5.74) is 1.48. The van der Waals surface area contributed by atoms with Crippen molar-refractivity contribution in [3.05, 3.63) is 64.7 Å². The Morgan fingerprint density at radius 2 is 1.96 bits per heavy atom. The molecule has 2 aromatic rings. The smallest absolute Gasteiger partial charge is 0.253 e. The molecule has 0 aliphatic rings. The fourth-order valence-corrected chi connectivity index (χ4v) is 3.04. The molecular formula is C18H20ClNO3S. The first-order valence-electron chi connectivity index (χ1n) is 7.48. The van der Waals surface area contributed by atoms with E-state index in [-0.39, 0.29) is 5.91 Å². The molecular weight excluding hydrogens is 346 g/mol. The van der Waals surface area contributed by atoms with Gasteiger partial charge in [0.05, 0.1) is 6.54 Å². The van der Waals surface area contributed by atoms with Crippen LogP contribution in [0, 0.1) is 0 Å². The summed E-state index contributed by atoms with van der Waals surface area (Å²) >= 11 is 5.90. The van der Waals surface area contributed by atoms with Gasteiger partial charge in [-0.05, 0) is 35.9 Å². The zero-order chi connectivity index (χ0) is 17.5. The third-order valence-electron chi connectivity index (χ3n) is 3.38. The molecule has 0 aliphatic heterocycles. The average molecular weight is 366 g/mol. The lowest BCUT2D eigenvalue weighted by Gasteiger charge is -2.18. The second kappa shape index (κ2) is 8.85. The van der Waals surface area contributed by atoms with Crippen LogP contribution in [0.3, 0.4) is 0 Å². The topological polar surface area (TPSA) is 46.6 Å². The Bertz CT molecular complexity index is 736. The number of likely N-dealkylation sites (N-methyl/N-ethyl adjacent to an activating group) is 1. The first kappa shape index (κ1) is 18.5. The van der Waals surface area contributed by atoms with E-state index >= 15 is 0 Å². The Hall–Kier alpha value is -1.85. The van der Waals surface area contributed by atoms with E-state index in [2.05, 4.69) is 0 Å². The normalized spacial score (nSPS) is 11.8. The van der Waals surface area contributed by atoms with E-state index in [1.54, 1.807) is 42.5 Å². The van der Waals surface area contributed by atoms with Crippen molar-refractivity contribution in [1.82, 2.24) is 4.90 Å². The van der Waals surface area contributed by atoms with Crippen LogP contribution in [0.15, 0.2) is 48.5 Å². The second-order valence-electron chi connectivity index (χ2n) is 5.45. The molecule has 0 N–H and O–H groups in total. The molecule has 2 aromatic carbocycles. The third-order valence-corrected chi connectivity index (χ3v) is 4.36. The van der Waals surface area contributed by atoms with Gasteiger partial charge in [0.1, 0.15) is 12.4 Å². The molecule has 4 nitrogen and oxygen atoms in total. The van der Waals surface area contributed by atoms with Gasteiger partial charge < -0.3 is 9.64 Å². The maximum Gasteiger partial charge on any atom is 0.253 e. The fourth-order valence-electron chi connectivity index (χ4n) is 2.21. The van der Waals surface area contributed by atoms with Crippen LogP contribution in [0.25, 0.3) is 0 Å². The van der Waals surface area contributed by atoms with Crippen LogP contribution in [-0.4, -0.2) is 41.5 Å². The highest BCUT2D eigenvalue weighted by molar-refractivity contribution is 7.83. The van der Waals surface area contributed by atoms with Crippen molar-refractivity contribution < 1.29 is 13.7 Å². The highest BCUT2D eigenvalue weighted by Gasteiger charge is 2.12. The number of carbonyl (C=O) groups is 1. The molecule has 0 bridgehead atoms. The van der Waals surface area contributed by atoms with Crippen molar-refractivity contribution in [1.29, 1.82) is 0 Å². The quantitative estimate of drug-likeness (QED) is 0.755. The summed E-state index contributed by atoms with van der Waals surface area (Å²) in [7, 11) is 0.798. The number of amides is 1. The Kier molecular flexibility index (Phi) is 6.82. The van der Waals surface area contributed by atoms with Gasteiger partial charge in [-0.25, -0.2) is 0 Å². The summed E-state index contributed by atoms with van der Waals surface area (Å²) in [6, 6.07) is 14.4. The summed E-state index contributed by atoms with van der Waals surface area (Å²) in [4.78, 5) is 14.1. The predicted octanol–water partition coefficient (Wildman–Crippen LogP) is 3.37. The Morgan fingerprint density at radius 1 is 1.21 bits per heavy atom. The molecule has 1 unspecified atom stereocenters. The Morgan fingerprint density at radius 3 is 2.67 bits per heavy atom. The van der Waals surface area contributed by atoms with Crippen LogP contribution < -0.4 is 4.74 Å². The van der Waals surface area contributed by atoms with Crippen molar-refractivity contribution in [2.45, 2.75) is 5.75 Å². The number of rotatable bonds is 7. The maximum absolute atomic E-state index is 12.5. The monoisotopic (exact) mass is 365 g/mol. The summed E-state index contributed by atoms with van der Waals surface area (Å²) in [6.45, 7) is 0.830. The van der Waals surface area contributed by atoms with Gasteiger partial charge in [-0.1, -0.05) is 29.8 Å². The van der Waals surface area contributed by atoms with Crippen LogP contribution in [0.1, 0.15) is 15.9 Å². The largest absolute Gasteiger partial charge is 0.492 e. The van der Waals surface area contributed by atoms with Crippen LogP contribution in [-0.2, 0) is 16.6 Å². The molecule has 24 heavy (non-hydrogen) atoms. The fraction of sp³-hybridized carbons (Fsp3) is 0.278. The van der Waals surface area contributed by atoms with E-state index in [0.717, 1.165) is 5.56 Å². The zero-order valence-electron chi connectivity index (χ0n) is 13.7. The lowest BCUT2D eigenvalue weighted by atomic mass is 10.1. The molecule has 0 saturated carbocycles. The number of carbonyl (C=O) groups excluding carboxylic acids is 1. The molecule has 0 radical (unpaired) electrons. The molecule has 0 spiro atoms. The summed E-state index contributed by atoms with van der Waals surface area (Å²) < 4.78 is 16.9. The Labute approximate surface area is 149 Å². The van der Waals surface area contributed by atoms with Crippen molar-refractivity contribution in [3.8, 4) is 5.75 Å². The van der Waals surface area contributed by atoms with Crippen LogP contribution in [0.4, 0.5) is 0 Å². The lowest BCUT2D eigenvalue weighted by Crippen LogP contribution is -2.30. The molecule has 0 saturated heterocycles. The van der Waals surface area contributed by atoms with Crippen molar-refractivity contribution in [2.24, 2.45) is 0 Å². The van der Waals surface area contributed by atoms with Crippen LogP contribution >= 0.6 is 11.6 Å². The third kappa shape index (κ3) is 5.65. The van der Waals surface area contributed by atoms with Gasteiger partial charge in [-0.2, -0.15) is 0 Å². The number of hydrogen-bond donors (Lipinski definition) is 0. The zero-order valence-corrected chi connectivity index (χ0v) is 15.3. The highest BCUT2D eigenvalue weighted by atomic mass is 35.5. The lowest BCUT2D eigenvalue weighted by molar-refractivity contribution is 0.0773. The highest BCUT2D eigenvalue weighted by Crippen LogP contribution is 2.17. The molecule has 0 heterocycles. The number of ether oxygens (including phenoxy) is 1. The van der Waals surface area contributed by atoms with E-state index in [1.165, 1.54) is 0 Å². The molecule has 128 valence electrons. The van der Waals surface area contributed by atoms with Gasteiger partial charge in [-0.3, -0.25) is 9.00 Å². The van der Waals surface area contributed by atoms with Gasteiger partial charge in [0, 0.05) is 40.4 Å². The van der Waals surface area contributed by atoms with Crippen molar-refractivity contribution in [2.75, 3.05) is 26.5 Å². The van der Waals surface area contributed by atoms with Crippen molar-refractivity contribution in [3.63, 3.8) is 0 Å². The molecule has 0 aliphatic carbocycles. The van der Waals surface area contributed by atoms with E-state index < -0.39 is 10.8 Å². The molecule has 2 rings (SSSR count). The van der Waals surface area contributed by atoms with Gasteiger partial charge in [0.15, 0.2) is 0 Å². The second-order valence-corrected chi connectivity index (χ2v) is 7.32. The van der Waals surface area contributed by atoms with Crippen LogP contribution in [0.5, 0.6) is 5.75 Å². The molecule has 1 atom stereocenters. The molecule has 6 heteroatoms. The molecule has 0 fully saturated rings.